The highest BCUT2D eigenvalue weighted by atomic mass is 35.5. The third kappa shape index (κ3) is 2.71. The molecule has 0 bridgehead atoms. The van der Waals surface area contributed by atoms with E-state index in [9.17, 15) is 0 Å². The highest BCUT2D eigenvalue weighted by molar-refractivity contribution is 6.18. The molecule has 19 heavy (non-hydrogen) atoms. The zero-order valence-corrected chi connectivity index (χ0v) is 11.8. The van der Waals surface area contributed by atoms with Gasteiger partial charge in [0.25, 0.3) is 0 Å². The van der Waals surface area contributed by atoms with E-state index in [1.807, 2.05) is 0 Å². The lowest BCUT2D eigenvalue weighted by molar-refractivity contribution is 0.251. The highest BCUT2D eigenvalue weighted by Gasteiger charge is 2.16. The molecule has 0 unspecified atom stereocenters. The lowest BCUT2D eigenvalue weighted by Crippen LogP contribution is -2.09. The summed E-state index contributed by atoms with van der Waals surface area (Å²) in [5, 5.41) is 2.44. The zero-order chi connectivity index (χ0) is 13.1. The monoisotopic (exact) mass is 274 g/mol. The Morgan fingerprint density at radius 3 is 2.63 bits per heavy atom. The van der Waals surface area contributed by atoms with Gasteiger partial charge in [-0.05, 0) is 35.6 Å². The van der Waals surface area contributed by atoms with Gasteiger partial charge in [-0.1, -0.05) is 43.2 Å². The first-order valence-electron chi connectivity index (χ1n) is 7.08. The lowest BCUT2D eigenvalue weighted by Gasteiger charge is -2.15. The molecule has 1 saturated carbocycles. The van der Waals surface area contributed by atoms with Gasteiger partial charge >= 0.3 is 0 Å². The van der Waals surface area contributed by atoms with E-state index < -0.39 is 0 Å². The van der Waals surface area contributed by atoms with Crippen molar-refractivity contribution in [2.24, 2.45) is 5.92 Å². The molecule has 100 valence electrons. The molecule has 0 N–H and O–H groups in total. The van der Waals surface area contributed by atoms with Gasteiger partial charge in [-0.15, -0.1) is 11.6 Å². The van der Waals surface area contributed by atoms with Gasteiger partial charge in [0.1, 0.15) is 5.75 Å². The van der Waals surface area contributed by atoms with Gasteiger partial charge in [-0.3, -0.25) is 0 Å². The van der Waals surface area contributed by atoms with E-state index >= 15 is 0 Å². The minimum absolute atomic E-state index is 0.501. The summed E-state index contributed by atoms with van der Waals surface area (Å²) in [4.78, 5) is 0. The Hall–Kier alpha value is -1.21. The molecule has 2 aromatic carbocycles. The van der Waals surface area contributed by atoms with E-state index in [2.05, 4.69) is 36.4 Å². The second kappa shape index (κ2) is 5.83. The number of halogens is 1. The van der Waals surface area contributed by atoms with Crippen LogP contribution in [0.5, 0.6) is 5.75 Å². The highest BCUT2D eigenvalue weighted by Crippen LogP contribution is 2.31. The standard InChI is InChI=1S/C17H19ClO/c18-11-16-15-8-4-3-7-14(15)9-10-17(16)19-12-13-5-1-2-6-13/h3-4,7-10,13H,1-2,5-6,11-12H2. The van der Waals surface area contributed by atoms with E-state index in [-0.39, 0.29) is 0 Å². The van der Waals surface area contributed by atoms with Gasteiger partial charge in [0.2, 0.25) is 0 Å². The number of benzene rings is 2. The molecule has 1 nitrogen and oxygen atoms in total. The first kappa shape index (κ1) is 12.8. The second-order valence-corrected chi connectivity index (χ2v) is 5.63. The van der Waals surface area contributed by atoms with Crippen LogP contribution in [0.3, 0.4) is 0 Å². The summed E-state index contributed by atoms with van der Waals surface area (Å²) in [6, 6.07) is 12.5. The Kier molecular flexibility index (Phi) is 3.93. The predicted octanol–water partition coefficient (Wildman–Crippen LogP) is 5.15. The van der Waals surface area contributed by atoms with E-state index in [1.54, 1.807) is 0 Å². The third-order valence-electron chi connectivity index (χ3n) is 4.08. The van der Waals surface area contributed by atoms with Crippen molar-refractivity contribution in [1.29, 1.82) is 0 Å². The first-order valence-corrected chi connectivity index (χ1v) is 7.61. The van der Waals surface area contributed by atoms with E-state index in [0.717, 1.165) is 23.8 Å². The van der Waals surface area contributed by atoms with Crippen molar-refractivity contribution in [3.63, 3.8) is 0 Å². The average molecular weight is 275 g/mol. The smallest absolute Gasteiger partial charge is 0.124 e. The molecule has 2 heteroatoms. The van der Waals surface area contributed by atoms with Crippen molar-refractivity contribution >= 4 is 22.4 Å². The van der Waals surface area contributed by atoms with Gasteiger partial charge in [0.15, 0.2) is 0 Å². The Labute approximate surface area is 119 Å². The Morgan fingerprint density at radius 1 is 1.05 bits per heavy atom. The molecule has 0 saturated heterocycles. The fourth-order valence-corrected chi connectivity index (χ4v) is 3.25. The fourth-order valence-electron chi connectivity index (χ4n) is 2.97. The van der Waals surface area contributed by atoms with Crippen LogP contribution in [0.2, 0.25) is 0 Å². The summed E-state index contributed by atoms with van der Waals surface area (Å²) < 4.78 is 6.04. The van der Waals surface area contributed by atoms with Crippen LogP contribution in [0.25, 0.3) is 10.8 Å². The number of hydrogen-bond donors (Lipinski definition) is 0. The Bertz CT molecular complexity index is 558. The summed E-state index contributed by atoms with van der Waals surface area (Å²) in [6.07, 6.45) is 5.33. The van der Waals surface area contributed by atoms with Crippen molar-refractivity contribution in [2.45, 2.75) is 31.6 Å². The van der Waals surface area contributed by atoms with Crippen molar-refractivity contribution in [3.8, 4) is 5.75 Å². The van der Waals surface area contributed by atoms with Gasteiger partial charge in [0.05, 0.1) is 12.5 Å². The molecule has 0 spiro atoms. The topological polar surface area (TPSA) is 9.23 Å². The minimum Gasteiger partial charge on any atom is -0.493 e. The van der Waals surface area contributed by atoms with Crippen molar-refractivity contribution in [3.05, 3.63) is 42.0 Å². The summed E-state index contributed by atoms with van der Waals surface area (Å²) >= 11 is 6.13. The number of alkyl halides is 1. The van der Waals surface area contributed by atoms with Gasteiger partial charge in [0, 0.05) is 5.56 Å². The van der Waals surface area contributed by atoms with Crippen LogP contribution in [-0.2, 0) is 5.88 Å². The SMILES string of the molecule is ClCc1c(OCC2CCCC2)ccc2ccccc12. The maximum Gasteiger partial charge on any atom is 0.124 e. The maximum atomic E-state index is 6.13. The van der Waals surface area contributed by atoms with E-state index in [4.69, 9.17) is 16.3 Å². The number of ether oxygens (including phenoxy) is 1. The quantitative estimate of drug-likeness (QED) is 0.701. The van der Waals surface area contributed by atoms with E-state index in [0.29, 0.717) is 5.88 Å². The zero-order valence-electron chi connectivity index (χ0n) is 11.1. The second-order valence-electron chi connectivity index (χ2n) is 5.36. The lowest BCUT2D eigenvalue weighted by atomic mass is 10.0. The normalized spacial score (nSPS) is 16.1. The molecule has 0 atom stereocenters. The molecule has 1 fully saturated rings. The molecular formula is C17H19ClO. The first-order chi connectivity index (χ1) is 9.38. The average Bonchev–Trinajstić information content (AvgIpc) is 2.97. The number of hydrogen-bond acceptors (Lipinski definition) is 1. The van der Waals surface area contributed by atoms with Crippen LogP contribution in [0.1, 0.15) is 31.2 Å². The summed E-state index contributed by atoms with van der Waals surface area (Å²) in [5.74, 6) is 2.19. The van der Waals surface area contributed by atoms with Crippen LogP contribution in [-0.4, -0.2) is 6.61 Å². The number of fused-ring (bicyclic) bond motifs is 1. The summed E-state index contributed by atoms with van der Waals surface area (Å²) in [6.45, 7) is 0.836. The van der Waals surface area contributed by atoms with Gasteiger partial charge in [-0.2, -0.15) is 0 Å². The van der Waals surface area contributed by atoms with Crippen LogP contribution in [0.4, 0.5) is 0 Å². The molecule has 0 heterocycles. The van der Waals surface area contributed by atoms with Gasteiger partial charge < -0.3 is 4.74 Å². The molecular weight excluding hydrogens is 256 g/mol. The van der Waals surface area contributed by atoms with Crippen LogP contribution >= 0.6 is 11.6 Å². The molecule has 0 aromatic heterocycles. The van der Waals surface area contributed by atoms with Gasteiger partial charge in [-0.25, -0.2) is 0 Å². The van der Waals surface area contributed by atoms with Crippen LogP contribution in [0.15, 0.2) is 36.4 Å². The molecule has 2 aromatic rings. The largest absolute Gasteiger partial charge is 0.493 e. The predicted molar refractivity (Wildman–Crippen MR) is 81.0 cm³/mol. The third-order valence-corrected chi connectivity index (χ3v) is 4.35. The molecule has 3 rings (SSSR count). The maximum absolute atomic E-state index is 6.13. The van der Waals surface area contributed by atoms with Crippen molar-refractivity contribution in [1.82, 2.24) is 0 Å². The number of rotatable bonds is 4. The van der Waals surface area contributed by atoms with Crippen molar-refractivity contribution in [2.75, 3.05) is 6.61 Å². The van der Waals surface area contributed by atoms with Crippen molar-refractivity contribution < 1.29 is 4.74 Å². The molecule has 0 amide bonds. The summed E-state index contributed by atoms with van der Waals surface area (Å²) in [7, 11) is 0. The molecule has 0 radical (unpaired) electrons. The molecule has 1 aliphatic carbocycles. The Balaban J connectivity index is 1.85. The fraction of sp³-hybridized carbons (Fsp3) is 0.412. The molecule has 1 aliphatic rings. The van der Waals surface area contributed by atoms with Crippen LogP contribution < -0.4 is 4.74 Å². The Morgan fingerprint density at radius 2 is 1.84 bits per heavy atom. The molecule has 0 aliphatic heterocycles. The van der Waals surface area contributed by atoms with Crippen LogP contribution in [0, 0.1) is 5.92 Å². The minimum atomic E-state index is 0.501. The summed E-state index contributed by atoms with van der Waals surface area (Å²) in [5.41, 5.74) is 1.12. The van der Waals surface area contributed by atoms with E-state index in [1.165, 1.54) is 36.5 Å².